The summed E-state index contributed by atoms with van der Waals surface area (Å²) in [7, 11) is -3.79. The second-order valence-electron chi connectivity index (χ2n) is 4.34. The molecule has 7 heteroatoms. The van der Waals surface area contributed by atoms with Gasteiger partial charge in [0.15, 0.2) is 5.69 Å². The van der Waals surface area contributed by atoms with Crippen LogP contribution in [-0.4, -0.2) is 18.6 Å². The predicted molar refractivity (Wildman–Crippen MR) is 74.4 cm³/mol. The van der Waals surface area contributed by atoms with Gasteiger partial charge >= 0.3 is 5.17 Å². The van der Waals surface area contributed by atoms with Crippen molar-refractivity contribution in [3.63, 3.8) is 0 Å². The average Bonchev–Trinajstić information content (AvgIpc) is 2.78. The summed E-state index contributed by atoms with van der Waals surface area (Å²) in [6.07, 6.45) is 1.51. The molecule has 20 heavy (non-hydrogen) atoms. The summed E-state index contributed by atoms with van der Waals surface area (Å²) in [5, 5.41) is 11.2. The van der Waals surface area contributed by atoms with Crippen molar-refractivity contribution in [3.8, 4) is 0 Å². The maximum Gasteiger partial charge on any atom is 0.326 e. The fourth-order valence-electron chi connectivity index (χ4n) is 2.00. The third kappa shape index (κ3) is 2.22. The molecule has 0 bridgehead atoms. The van der Waals surface area contributed by atoms with E-state index in [0.717, 1.165) is 0 Å². The molecule has 0 saturated heterocycles. The molecule has 1 N–H and O–H groups in total. The first-order chi connectivity index (χ1) is 9.58. The summed E-state index contributed by atoms with van der Waals surface area (Å²) in [6, 6.07) is 11.6. The second-order valence-corrected chi connectivity index (χ2v) is 6.25. The van der Waals surface area contributed by atoms with E-state index in [1.165, 1.54) is 6.20 Å². The maximum absolute atomic E-state index is 12.3. The van der Waals surface area contributed by atoms with Crippen LogP contribution in [0.1, 0.15) is 5.69 Å². The lowest BCUT2D eigenvalue weighted by Crippen LogP contribution is -3.05. The van der Waals surface area contributed by atoms with Crippen molar-refractivity contribution in [2.24, 2.45) is 4.99 Å². The zero-order valence-corrected chi connectivity index (χ0v) is 11.2. The minimum Gasteiger partial charge on any atom is -0.622 e. The highest BCUT2D eigenvalue weighted by Gasteiger charge is 2.34. The van der Waals surface area contributed by atoms with Crippen molar-refractivity contribution in [1.29, 1.82) is 0 Å². The number of para-hydroxylation sites is 2. The van der Waals surface area contributed by atoms with Gasteiger partial charge in [0.05, 0.1) is 5.69 Å². The number of hydroxylamine groups is 1. The van der Waals surface area contributed by atoms with Crippen molar-refractivity contribution in [1.82, 2.24) is 4.98 Å². The van der Waals surface area contributed by atoms with E-state index in [0.29, 0.717) is 17.1 Å². The van der Waals surface area contributed by atoms with Crippen molar-refractivity contribution in [2.75, 3.05) is 0 Å². The molecule has 0 saturated carbocycles. The Morgan fingerprint density at radius 3 is 2.55 bits per heavy atom. The number of nitrogens with one attached hydrogen (secondary N) is 1. The smallest absolute Gasteiger partial charge is 0.326 e. The van der Waals surface area contributed by atoms with E-state index in [1.807, 2.05) is 0 Å². The van der Waals surface area contributed by atoms with Crippen LogP contribution in [0.4, 0.5) is 11.4 Å². The van der Waals surface area contributed by atoms with Crippen LogP contribution in [0, 0.1) is 5.21 Å². The van der Waals surface area contributed by atoms with Crippen LogP contribution in [0.25, 0.3) is 0 Å². The van der Waals surface area contributed by atoms with E-state index in [2.05, 4.69) is 9.98 Å². The SMILES string of the molecule is O=S(=O)(Cc1ccccn1)C1=Nc2ccccc2[NH+]1[O-]. The number of sulfone groups is 1. The van der Waals surface area contributed by atoms with E-state index in [4.69, 9.17) is 0 Å². The Kier molecular flexibility index (Phi) is 3.09. The quantitative estimate of drug-likeness (QED) is 0.825. The molecule has 3 rings (SSSR count). The highest BCUT2D eigenvalue weighted by molar-refractivity contribution is 8.05. The van der Waals surface area contributed by atoms with Gasteiger partial charge in [-0.05, 0) is 18.2 Å². The molecule has 1 aliphatic heterocycles. The van der Waals surface area contributed by atoms with Gasteiger partial charge in [0.1, 0.15) is 11.4 Å². The maximum atomic E-state index is 12.3. The van der Waals surface area contributed by atoms with Gasteiger partial charge in [-0.2, -0.15) is 4.99 Å². The van der Waals surface area contributed by atoms with E-state index in [1.54, 1.807) is 42.5 Å². The molecular formula is C13H11N3O3S. The van der Waals surface area contributed by atoms with Crippen LogP contribution in [0.3, 0.4) is 0 Å². The van der Waals surface area contributed by atoms with Gasteiger partial charge < -0.3 is 5.21 Å². The van der Waals surface area contributed by atoms with Gasteiger partial charge in [-0.25, -0.2) is 8.42 Å². The fourth-order valence-corrected chi connectivity index (χ4v) is 3.32. The molecule has 1 atom stereocenters. The third-order valence-corrected chi connectivity index (χ3v) is 4.47. The summed E-state index contributed by atoms with van der Waals surface area (Å²) < 4.78 is 24.6. The number of aromatic nitrogens is 1. The molecular weight excluding hydrogens is 278 g/mol. The van der Waals surface area contributed by atoms with Crippen molar-refractivity contribution >= 4 is 26.4 Å². The van der Waals surface area contributed by atoms with Crippen molar-refractivity contribution < 1.29 is 13.5 Å². The lowest BCUT2D eigenvalue weighted by molar-refractivity contribution is -0.659. The number of amidine groups is 1. The van der Waals surface area contributed by atoms with E-state index >= 15 is 0 Å². The summed E-state index contributed by atoms with van der Waals surface area (Å²) in [4.78, 5) is 7.92. The summed E-state index contributed by atoms with van der Waals surface area (Å²) >= 11 is 0. The lowest BCUT2D eigenvalue weighted by atomic mass is 10.3. The van der Waals surface area contributed by atoms with Crippen LogP contribution in [0.5, 0.6) is 0 Å². The number of pyridine rings is 1. The van der Waals surface area contributed by atoms with Crippen molar-refractivity contribution in [2.45, 2.75) is 5.75 Å². The molecule has 1 unspecified atom stereocenters. The topological polar surface area (TPSA) is 86.9 Å². The van der Waals surface area contributed by atoms with Crippen molar-refractivity contribution in [3.05, 3.63) is 59.6 Å². The Morgan fingerprint density at radius 2 is 1.85 bits per heavy atom. The Balaban J connectivity index is 1.94. The largest absolute Gasteiger partial charge is 0.622 e. The predicted octanol–water partition coefficient (Wildman–Crippen LogP) is 0.712. The molecule has 1 aromatic heterocycles. The van der Waals surface area contributed by atoms with Gasteiger partial charge in [0.25, 0.3) is 9.84 Å². The normalized spacial score (nSPS) is 17.6. The zero-order chi connectivity index (χ0) is 14.2. The highest BCUT2D eigenvalue weighted by Crippen LogP contribution is 2.25. The van der Waals surface area contributed by atoms with Gasteiger partial charge in [0.2, 0.25) is 0 Å². The number of rotatable bonds is 2. The summed E-state index contributed by atoms with van der Waals surface area (Å²) in [5.74, 6) is -0.327. The molecule has 0 amide bonds. The summed E-state index contributed by atoms with van der Waals surface area (Å²) in [6.45, 7) is 0. The Morgan fingerprint density at radius 1 is 1.10 bits per heavy atom. The van der Waals surface area contributed by atoms with Gasteiger partial charge in [0, 0.05) is 12.3 Å². The first-order valence-electron chi connectivity index (χ1n) is 5.93. The van der Waals surface area contributed by atoms with Gasteiger partial charge in [-0.15, -0.1) is 0 Å². The minimum absolute atomic E-state index is 0.326. The minimum atomic E-state index is -3.79. The fraction of sp³-hybridized carbons (Fsp3) is 0.0769. The van der Waals surface area contributed by atoms with E-state index in [-0.39, 0.29) is 5.75 Å². The number of quaternary nitrogens is 1. The molecule has 0 aliphatic carbocycles. The molecule has 2 aromatic rings. The molecule has 1 aromatic carbocycles. The Labute approximate surface area is 115 Å². The van der Waals surface area contributed by atoms with Gasteiger partial charge in [-0.1, -0.05) is 18.2 Å². The number of benzene rings is 1. The molecule has 6 nitrogen and oxygen atoms in total. The van der Waals surface area contributed by atoms with Crippen LogP contribution >= 0.6 is 0 Å². The van der Waals surface area contributed by atoms with Crippen LogP contribution < -0.4 is 5.06 Å². The molecule has 0 fully saturated rings. The van der Waals surface area contributed by atoms with Crippen LogP contribution in [-0.2, 0) is 15.6 Å². The monoisotopic (exact) mass is 289 g/mol. The number of fused-ring (bicyclic) bond motifs is 1. The third-order valence-electron chi connectivity index (χ3n) is 2.92. The number of hydrogen-bond acceptors (Lipinski definition) is 5. The van der Waals surface area contributed by atoms with E-state index in [9.17, 15) is 13.6 Å². The highest BCUT2D eigenvalue weighted by atomic mass is 32.2. The number of aliphatic imine (C=N–C) groups is 1. The molecule has 0 radical (unpaired) electrons. The average molecular weight is 289 g/mol. The first-order valence-corrected chi connectivity index (χ1v) is 7.58. The number of hydrogen-bond donors (Lipinski definition) is 1. The van der Waals surface area contributed by atoms with Crippen LogP contribution in [0.2, 0.25) is 0 Å². The zero-order valence-electron chi connectivity index (χ0n) is 10.4. The molecule has 2 heterocycles. The Bertz CT molecular complexity index is 772. The molecule has 0 spiro atoms. The standard InChI is InChI=1S/C13H11N3O3S/c17-16-12-7-2-1-6-11(12)15-13(16)20(18,19)9-10-5-3-4-8-14-10/h1-8,16H,9H2. The first kappa shape index (κ1) is 12.9. The second kappa shape index (κ2) is 4.78. The van der Waals surface area contributed by atoms with Crippen LogP contribution in [0.15, 0.2) is 53.7 Å². The number of nitrogens with zero attached hydrogens (tertiary/aromatic N) is 2. The Hall–Kier alpha value is -2.09. The summed E-state index contributed by atoms with van der Waals surface area (Å²) in [5.41, 5.74) is 1.11. The van der Waals surface area contributed by atoms with Gasteiger partial charge in [-0.3, -0.25) is 10.0 Å². The molecule has 102 valence electrons. The molecule has 1 aliphatic rings. The lowest BCUT2D eigenvalue weighted by Gasteiger charge is -2.16. The van der Waals surface area contributed by atoms with E-state index < -0.39 is 20.1 Å².